The van der Waals surface area contributed by atoms with Crippen molar-refractivity contribution < 1.29 is 14.7 Å². The van der Waals surface area contributed by atoms with E-state index in [4.69, 9.17) is 5.11 Å². The molecule has 0 aromatic carbocycles. The number of carboxylic acids is 1. The van der Waals surface area contributed by atoms with Crippen molar-refractivity contribution in [2.45, 2.75) is 31.7 Å². The number of nitrogens with one attached hydrogen (secondary N) is 1. The first kappa shape index (κ1) is 11.8. The number of hydrogen-bond acceptors (Lipinski definition) is 3. The monoisotopic (exact) mass is 243 g/mol. The maximum absolute atomic E-state index is 11.8. The highest BCUT2D eigenvalue weighted by atomic mass is 32.2. The van der Waals surface area contributed by atoms with Gasteiger partial charge in [0.1, 0.15) is 0 Å². The summed E-state index contributed by atoms with van der Waals surface area (Å²) in [5.41, 5.74) is 0. The number of aliphatic carboxylic acids is 1. The Morgan fingerprint density at radius 1 is 1.19 bits per heavy atom. The SMILES string of the molecule is O=C(O)C1CCC(NC(=O)C2CCSC2)C1. The molecule has 3 unspecified atom stereocenters. The molecule has 0 aromatic heterocycles. The molecule has 4 nitrogen and oxygen atoms in total. The van der Waals surface area contributed by atoms with Crippen molar-refractivity contribution in [1.29, 1.82) is 0 Å². The molecule has 16 heavy (non-hydrogen) atoms. The van der Waals surface area contributed by atoms with Crippen LogP contribution in [0.3, 0.4) is 0 Å². The van der Waals surface area contributed by atoms with Crippen molar-refractivity contribution in [1.82, 2.24) is 5.32 Å². The third-order valence-electron chi connectivity index (χ3n) is 3.43. The van der Waals surface area contributed by atoms with Crippen LogP contribution in [0, 0.1) is 11.8 Å². The smallest absolute Gasteiger partial charge is 0.306 e. The number of carbonyl (C=O) groups excluding carboxylic acids is 1. The van der Waals surface area contributed by atoms with Gasteiger partial charge in [-0.1, -0.05) is 0 Å². The van der Waals surface area contributed by atoms with Gasteiger partial charge in [0, 0.05) is 17.7 Å². The fourth-order valence-corrected chi connectivity index (χ4v) is 3.62. The van der Waals surface area contributed by atoms with Gasteiger partial charge in [-0.2, -0.15) is 11.8 Å². The van der Waals surface area contributed by atoms with Crippen molar-refractivity contribution in [3.05, 3.63) is 0 Å². The van der Waals surface area contributed by atoms with Gasteiger partial charge in [0.05, 0.1) is 5.92 Å². The molecule has 1 heterocycles. The van der Waals surface area contributed by atoms with Crippen molar-refractivity contribution in [3.8, 4) is 0 Å². The summed E-state index contributed by atoms with van der Waals surface area (Å²) < 4.78 is 0. The summed E-state index contributed by atoms with van der Waals surface area (Å²) in [7, 11) is 0. The number of carbonyl (C=O) groups is 2. The van der Waals surface area contributed by atoms with Crippen LogP contribution >= 0.6 is 11.8 Å². The predicted octanol–water partition coefficient (Wildman–Crippen LogP) is 1.11. The lowest BCUT2D eigenvalue weighted by Crippen LogP contribution is -2.37. The molecule has 1 aliphatic carbocycles. The fraction of sp³-hybridized carbons (Fsp3) is 0.818. The molecular formula is C11H17NO3S. The van der Waals surface area contributed by atoms with Gasteiger partial charge in [-0.3, -0.25) is 9.59 Å². The standard InChI is InChI=1S/C11H17NO3S/c13-10(8-3-4-16-6-8)12-9-2-1-7(5-9)11(14)15/h7-9H,1-6H2,(H,12,13)(H,14,15). The van der Waals surface area contributed by atoms with Gasteiger partial charge < -0.3 is 10.4 Å². The molecule has 0 aromatic rings. The molecule has 1 saturated carbocycles. The number of carboxylic acid groups (broad SMARTS) is 1. The first-order chi connectivity index (χ1) is 7.66. The van der Waals surface area contributed by atoms with Crippen LogP contribution in [0.2, 0.25) is 0 Å². The number of amides is 1. The summed E-state index contributed by atoms with van der Waals surface area (Å²) in [6.07, 6.45) is 3.06. The molecule has 1 saturated heterocycles. The second-order valence-electron chi connectivity index (χ2n) is 4.61. The van der Waals surface area contributed by atoms with Crippen LogP contribution in [0.4, 0.5) is 0 Å². The largest absolute Gasteiger partial charge is 0.481 e. The third-order valence-corrected chi connectivity index (χ3v) is 4.59. The number of rotatable bonds is 3. The highest BCUT2D eigenvalue weighted by Crippen LogP contribution is 2.27. The molecule has 0 bridgehead atoms. The number of hydrogen-bond donors (Lipinski definition) is 2. The lowest BCUT2D eigenvalue weighted by molar-refractivity contribution is -0.141. The van der Waals surface area contributed by atoms with Gasteiger partial charge in [-0.15, -0.1) is 0 Å². The molecule has 2 N–H and O–H groups in total. The lowest BCUT2D eigenvalue weighted by Gasteiger charge is -2.15. The first-order valence-electron chi connectivity index (χ1n) is 5.77. The van der Waals surface area contributed by atoms with E-state index < -0.39 is 5.97 Å². The van der Waals surface area contributed by atoms with Crippen LogP contribution in [0.5, 0.6) is 0 Å². The van der Waals surface area contributed by atoms with E-state index in [2.05, 4.69) is 5.32 Å². The molecule has 2 fully saturated rings. The normalized spacial score (nSPS) is 33.9. The van der Waals surface area contributed by atoms with Crippen LogP contribution < -0.4 is 5.32 Å². The second kappa shape index (κ2) is 5.08. The summed E-state index contributed by atoms with van der Waals surface area (Å²) in [6.45, 7) is 0. The Kier molecular flexibility index (Phi) is 3.74. The van der Waals surface area contributed by atoms with E-state index in [-0.39, 0.29) is 23.8 Å². The predicted molar refractivity (Wildman–Crippen MR) is 62.3 cm³/mol. The summed E-state index contributed by atoms with van der Waals surface area (Å²) in [6, 6.07) is 0.0826. The maximum atomic E-state index is 11.8. The van der Waals surface area contributed by atoms with E-state index in [1.165, 1.54) is 0 Å². The number of thioether (sulfide) groups is 1. The summed E-state index contributed by atoms with van der Waals surface area (Å²) in [5, 5.41) is 11.9. The molecular weight excluding hydrogens is 226 g/mol. The van der Waals surface area contributed by atoms with E-state index in [9.17, 15) is 9.59 Å². The Morgan fingerprint density at radius 3 is 2.56 bits per heavy atom. The van der Waals surface area contributed by atoms with Gasteiger partial charge >= 0.3 is 5.97 Å². The minimum Gasteiger partial charge on any atom is -0.481 e. The minimum atomic E-state index is -0.729. The van der Waals surface area contributed by atoms with Gasteiger partial charge in [-0.05, 0) is 31.4 Å². The van der Waals surface area contributed by atoms with E-state index >= 15 is 0 Å². The van der Waals surface area contributed by atoms with E-state index in [0.717, 1.165) is 24.3 Å². The summed E-state index contributed by atoms with van der Waals surface area (Å²) >= 11 is 1.82. The molecule has 1 aliphatic heterocycles. The summed E-state index contributed by atoms with van der Waals surface area (Å²) in [5.74, 6) is 1.27. The Labute approximate surface area is 99.2 Å². The Balaban J connectivity index is 1.78. The zero-order valence-electron chi connectivity index (χ0n) is 9.15. The van der Waals surface area contributed by atoms with Gasteiger partial charge in [0.15, 0.2) is 0 Å². The van der Waals surface area contributed by atoms with Crippen LogP contribution in [-0.4, -0.2) is 34.5 Å². The van der Waals surface area contributed by atoms with Crippen molar-refractivity contribution in [2.75, 3.05) is 11.5 Å². The summed E-state index contributed by atoms with van der Waals surface area (Å²) in [4.78, 5) is 22.6. The zero-order chi connectivity index (χ0) is 11.5. The zero-order valence-corrected chi connectivity index (χ0v) is 9.96. The quantitative estimate of drug-likeness (QED) is 0.779. The van der Waals surface area contributed by atoms with E-state index in [0.29, 0.717) is 12.8 Å². The fourth-order valence-electron chi connectivity index (χ4n) is 2.40. The topological polar surface area (TPSA) is 66.4 Å². The molecule has 2 rings (SSSR count). The van der Waals surface area contributed by atoms with Crippen LogP contribution in [0.1, 0.15) is 25.7 Å². The average Bonchev–Trinajstić information content (AvgIpc) is 2.87. The molecule has 2 aliphatic rings. The van der Waals surface area contributed by atoms with Gasteiger partial charge in [0.2, 0.25) is 5.91 Å². The highest BCUT2D eigenvalue weighted by molar-refractivity contribution is 7.99. The van der Waals surface area contributed by atoms with Gasteiger partial charge in [-0.25, -0.2) is 0 Å². The van der Waals surface area contributed by atoms with Crippen LogP contribution in [-0.2, 0) is 9.59 Å². The molecule has 5 heteroatoms. The van der Waals surface area contributed by atoms with Crippen LogP contribution in [0.15, 0.2) is 0 Å². The van der Waals surface area contributed by atoms with E-state index in [1.54, 1.807) is 0 Å². The third kappa shape index (κ3) is 2.70. The molecule has 0 spiro atoms. The van der Waals surface area contributed by atoms with Gasteiger partial charge in [0.25, 0.3) is 0 Å². The highest BCUT2D eigenvalue weighted by Gasteiger charge is 2.32. The molecule has 0 radical (unpaired) electrons. The second-order valence-corrected chi connectivity index (χ2v) is 5.76. The average molecular weight is 243 g/mol. The lowest BCUT2D eigenvalue weighted by atomic mass is 10.1. The first-order valence-corrected chi connectivity index (χ1v) is 6.93. The van der Waals surface area contributed by atoms with Crippen molar-refractivity contribution in [3.63, 3.8) is 0 Å². The Morgan fingerprint density at radius 2 is 2.00 bits per heavy atom. The van der Waals surface area contributed by atoms with Crippen molar-refractivity contribution in [2.24, 2.45) is 11.8 Å². The van der Waals surface area contributed by atoms with E-state index in [1.807, 2.05) is 11.8 Å². The molecule has 3 atom stereocenters. The minimum absolute atomic E-state index is 0.0826. The Hall–Kier alpha value is -0.710. The maximum Gasteiger partial charge on any atom is 0.306 e. The molecule has 90 valence electrons. The van der Waals surface area contributed by atoms with Crippen LogP contribution in [0.25, 0.3) is 0 Å². The Bertz CT molecular complexity index is 289. The molecule has 1 amide bonds. The van der Waals surface area contributed by atoms with Crippen molar-refractivity contribution >= 4 is 23.6 Å².